The van der Waals surface area contributed by atoms with Crippen molar-refractivity contribution in [2.75, 3.05) is 19.5 Å². The van der Waals surface area contributed by atoms with Gasteiger partial charge in [-0.3, -0.25) is 4.79 Å². The standard InChI is InChI=1S/C23H27NO5/c1-15(2)17-6-9-19(10-7-17)24-23(26)16(3)29-22(25)13-8-18-14-20(27-4)11-12-21(18)28-5/h6-16H,1-5H3,(H,24,26)/b13-8+/t16-/m0/s1. The average molecular weight is 397 g/mol. The minimum atomic E-state index is -0.941. The van der Waals surface area contributed by atoms with Gasteiger partial charge in [0.25, 0.3) is 5.91 Å². The molecule has 0 heterocycles. The molecule has 0 spiro atoms. The van der Waals surface area contributed by atoms with Gasteiger partial charge in [-0.1, -0.05) is 26.0 Å². The summed E-state index contributed by atoms with van der Waals surface area (Å²) in [6.45, 7) is 5.73. The van der Waals surface area contributed by atoms with Gasteiger partial charge in [0, 0.05) is 17.3 Å². The van der Waals surface area contributed by atoms with Gasteiger partial charge in [0.2, 0.25) is 0 Å². The van der Waals surface area contributed by atoms with Gasteiger partial charge >= 0.3 is 5.97 Å². The number of rotatable bonds is 8. The first-order chi connectivity index (χ1) is 13.8. The van der Waals surface area contributed by atoms with Crippen molar-refractivity contribution in [3.63, 3.8) is 0 Å². The van der Waals surface area contributed by atoms with Gasteiger partial charge < -0.3 is 19.5 Å². The summed E-state index contributed by atoms with van der Waals surface area (Å²) in [6, 6.07) is 12.8. The second kappa shape index (κ2) is 10.3. The SMILES string of the molecule is COc1ccc(OC)c(/C=C/C(=O)O[C@@H](C)C(=O)Nc2ccc(C(C)C)cc2)c1. The van der Waals surface area contributed by atoms with E-state index >= 15 is 0 Å². The Hall–Kier alpha value is -3.28. The van der Waals surface area contributed by atoms with Gasteiger partial charge in [0.1, 0.15) is 11.5 Å². The van der Waals surface area contributed by atoms with Crippen molar-refractivity contribution >= 4 is 23.6 Å². The summed E-state index contributed by atoms with van der Waals surface area (Å²) in [5, 5.41) is 2.74. The number of methoxy groups -OCH3 is 2. The van der Waals surface area contributed by atoms with Crippen LogP contribution in [0.5, 0.6) is 11.5 Å². The van der Waals surface area contributed by atoms with E-state index in [2.05, 4.69) is 19.2 Å². The van der Waals surface area contributed by atoms with E-state index in [1.54, 1.807) is 31.4 Å². The van der Waals surface area contributed by atoms with Gasteiger partial charge in [-0.15, -0.1) is 0 Å². The zero-order chi connectivity index (χ0) is 21.4. The summed E-state index contributed by atoms with van der Waals surface area (Å²) in [4.78, 5) is 24.4. The van der Waals surface area contributed by atoms with E-state index in [9.17, 15) is 9.59 Å². The Bertz CT molecular complexity index is 871. The average Bonchev–Trinajstić information content (AvgIpc) is 2.72. The van der Waals surface area contributed by atoms with Crippen molar-refractivity contribution in [1.29, 1.82) is 0 Å². The number of hydrogen-bond donors (Lipinski definition) is 1. The van der Waals surface area contributed by atoms with E-state index in [1.165, 1.54) is 25.7 Å². The first-order valence-corrected chi connectivity index (χ1v) is 9.35. The van der Waals surface area contributed by atoms with Crippen LogP contribution in [0.15, 0.2) is 48.5 Å². The summed E-state index contributed by atoms with van der Waals surface area (Å²) < 4.78 is 15.6. The summed E-state index contributed by atoms with van der Waals surface area (Å²) >= 11 is 0. The third-order valence-corrected chi connectivity index (χ3v) is 4.34. The molecule has 2 aromatic rings. The largest absolute Gasteiger partial charge is 0.497 e. The van der Waals surface area contributed by atoms with Crippen molar-refractivity contribution in [3.8, 4) is 11.5 Å². The van der Waals surface area contributed by atoms with Crippen LogP contribution in [-0.4, -0.2) is 32.2 Å². The highest BCUT2D eigenvalue weighted by Gasteiger charge is 2.17. The number of ether oxygens (including phenoxy) is 3. The molecule has 2 rings (SSSR count). The Labute approximate surface area is 171 Å². The normalized spacial score (nSPS) is 11.9. The van der Waals surface area contributed by atoms with Crippen LogP contribution >= 0.6 is 0 Å². The molecule has 1 N–H and O–H groups in total. The van der Waals surface area contributed by atoms with Gasteiger partial charge in [-0.25, -0.2) is 4.79 Å². The van der Waals surface area contributed by atoms with E-state index in [0.29, 0.717) is 28.7 Å². The summed E-state index contributed by atoms with van der Waals surface area (Å²) in [7, 11) is 3.10. The van der Waals surface area contributed by atoms with Crippen LogP contribution in [-0.2, 0) is 14.3 Å². The molecule has 0 aliphatic rings. The van der Waals surface area contributed by atoms with E-state index in [4.69, 9.17) is 14.2 Å². The van der Waals surface area contributed by atoms with Crippen LogP contribution in [0.2, 0.25) is 0 Å². The molecule has 29 heavy (non-hydrogen) atoms. The molecule has 2 aromatic carbocycles. The quantitative estimate of drug-likeness (QED) is 0.528. The summed E-state index contributed by atoms with van der Waals surface area (Å²) in [5.74, 6) is 0.603. The summed E-state index contributed by atoms with van der Waals surface area (Å²) in [5.41, 5.74) is 2.49. The van der Waals surface area contributed by atoms with Crippen molar-refractivity contribution in [2.24, 2.45) is 0 Å². The molecule has 0 aromatic heterocycles. The number of benzene rings is 2. The number of amides is 1. The van der Waals surface area contributed by atoms with Gasteiger partial charge in [-0.2, -0.15) is 0 Å². The molecular formula is C23H27NO5. The molecule has 0 bridgehead atoms. The molecule has 6 nitrogen and oxygen atoms in total. The molecule has 0 fully saturated rings. The van der Waals surface area contributed by atoms with Crippen LogP contribution < -0.4 is 14.8 Å². The van der Waals surface area contributed by atoms with Crippen molar-refractivity contribution in [3.05, 3.63) is 59.7 Å². The lowest BCUT2D eigenvalue weighted by atomic mass is 10.0. The molecule has 0 saturated heterocycles. The molecule has 0 aliphatic heterocycles. The number of carbonyl (C=O) groups excluding carboxylic acids is 2. The highest BCUT2D eigenvalue weighted by atomic mass is 16.5. The number of esters is 1. The Balaban J connectivity index is 1.96. The smallest absolute Gasteiger partial charge is 0.331 e. The molecule has 1 amide bonds. The highest BCUT2D eigenvalue weighted by Crippen LogP contribution is 2.25. The van der Waals surface area contributed by atoms with E-state index < -0.39 is 18.0 Å². The Morgan fingerprint density at radius 3 is 2.24 bits per heavy atom. The zero-order valence-electron chi connectivity index (χ0n) is 17.4. The van der Waals surface area contributed by atoms with Crippen LogP contribution in [0, 0.1) is 0 Å². The molecule has 1 atom stereocenters. The number of nitrogens with one attached hydrogen (secondary N) is 1. The van der Waals surface area contributed by atoms with E-state index in [0.717, 1.165) is 0 Å². The minimum absolute atomic E-state index is 0.400. The fraction of sp³-hybridized carbons (Fsp3) is 0.304. The third-order valence-electron chi connectivity index (χ3n) is 4.34. The molecule has 0 radical (unpaired) electrons. The molecule has 6 heteroatoms. The molecule has 0 unspecified atom stereocenters. The van der Waals surface area contributed by atoms with Crippen molar-refractivity contribution in [2.45, 2.75) is 32.8 Å². The zero-order valence-corrected chi connectivity index (χ0v) is 17.4. The predicted molar refractivity (Wildman–Crippen MR) is 113 cm³/mol. The molecule has 0 saturated carbocycles. The van der Waals surface area contributed by atoms with Crippen molar-refractivity contribution < 1.29 is 23.8 Å². The number of anilines is 1. The maximum absolute atomic E-state index is 12.3. The minimum Gasteiger partial charge on any atom is -0.497 e. The fourth-order valence-electron chi connectivity index (χ4n) is 2.59. The number of carbonyl (C=O) groups is 2. The van der Waals surface area contributed by atoms with Gasteiger partial charge in [0.05, 0.1) is 14.2 Å². The second-order valence-electron chi connectivity index (χ2n) is 6.79. The van der Waals surface area contributed by atoms with Gasteiger partial charge in [-0.05, 0) is 54.8 Å². The van der Waals surface area contributed by atoms with Gasteiger partial charge in [0.15, 0.2) is 6.10 Å². The van der Waals surface area contributed by atoms with Crippen molar-refractivity contribution in [1.82, 2.24) is 0 Å². The summed E-state index contributed by atoms with van der Waals surface area (Å²) in [6.07, 6.45) is 1.86. The topological polar surface area (TPSA) is 73.9 Å². The molecule has 0 aliphatic carbocycles. The number of hydrogen-bond acceptors (Lipinski definition) is 5. The van der Waals surface area contributed by atoms with Crippen LogP contribution in [0.25, 0.3) is 6.08 Å². The third kappa shape index (κ3) is 6.38. The lowest BCUT2D eigenvalue weighted by Gasteiger charge is -2.13. The first kappa shape index (κ1) is 22.0. The lowest BCUT2D eigenvalue weighted by Crippen LogP contribution is -2.29. The Morgan fingerprint density at radius 1 is 0.966 bits per heavy atom. The van der Waals surface area contributed by atoms with Crippen LogP contribution in [0.3, 0.4) is 0 Å². The molecule has 154 valence electrons. The highest BCUT2D eigenvalue weighted by molar-refractivity contribution is 5.96. The Morgan fingerprint density at radius 2 is 1.66 bits per heavy atom. The maximum atomic E-state index is 12.3. The predicted octanol–water partition coefficient (Wildman–Crippen LogP) is 4.41. The van der Waals surface area contributed by atoms with E-state index in [-0.39, 0.29) is 0 Å². The van der Waals surface area contributed by atoms with Crippen LogP contribution in [0.4, 0.5) is 5.69 Å². The first-order valence-electron chi connectivity index (χ1n) is 9.35. The molecular weight excluding hydrogens is 370 g/mol. The second-order valence-corrected chi connectivity index (χ2v) is 6.79. The van der Waals surface area contributed by atoms with E-state index in [1.807, 2.05) is 24.3 Å². The Kier molecular flexibility index (Phi) is 7.83. The fourth-order valence-corrected chi connectivity index (χ4v) is 2.59. The van der Waals surface area contributed by atoms with Crippen LogP contribution in [0.1, 0.15) is 37.8 Å². The monoisotopic (exact) mass is 397 g/mol. The lowest BCUT2D eigenvalue weighted by molar-refractivity contribution is -0.148. The maximum Gasteiger partial charge on any atom is 0.331 e.